The summed E-state index contributed by atoms with van der Waals surface area (Å²) in [4.78, 5) is 18.7. The van der Waals surface area contributed by atoms with Crippen LogP contribution in [0.25, 0.3) is 11.3 Å². The first kappa shape index (κ1) is 24.1. The lowest BCUT2D eigenvalue weighted by molar-refractivity contribution is 0.0792. The highest BCUT2D eigenvalue weighted by molar-refractivity contribution is 5.94. The van der Waals surface area contributed by atoms with Gasteiger partial charge in [-0.1, -0.05) is 30.7 Å². The van der Waals surface area contributed by atoms with Gasteiger partial charge in [0.15, 0.2) is 0 Å². The molecule has 4 rings (SSSR count). The van der Waals surface area contributed by atoms with Crippen LogP contribution in [0.5, 0.6) is 5.75 Å². The zero-order chi connectivity index (χ0) is 24.5. The maximum absolute atomic E-state index is 13.4. The molecule has 0 spiro atoms. The van der Waals surface area contributed by atoms with Crippen molar-refractivity contribution in [3.8, 4) is 17.0 Å². The second kappa shape index (κ2) is 11.9. The van der Waals surface area contributed by atoms with Crippen LogP contribution in [-0.2, 0) is 13.0 Å². The molecule has 35 heavy (non-hydrogen) atoms. The van der Waals surface area contributed by atoms with E-state index >= 15 is 0 Å². The Bertz CT molecular complexity index is 1240. The van der Waals surface area contributed by atoms with Crippen molar-refractivity contribution >= 4 is 5.91 Å². The number of amides is 1. The number of unbranched alkanes of at least 4 members (excludes halogenated alkanes) is 2. The van der Waals surface area contributed by atoms with Gasteiger partial charge < -0.3 is 9.64 Å². The van der Waals surface area contributed by atoms with Crippen molar-refractivity contribution in [2.24, 2.45) is 0 Å². The van der Waals surface area contributed by atoms with E-state index in [0.717, 1.165) is 48.2 Å². The van der Waals surface area contributed by atoms with E-state index in [1.807, 2.05) is 49.5 Å². The zero-order valence-corrected chi connectivity index (χ0v) is 19.8. The highest BCUT2D eigenvalue weighted by atomic mass is 19.1. The summed E-state index contributed by atoms with van der Waals surface area (Å²) in [6.07, 6.45) is 7.21. The maximum atomic E-state index is 13.4. The van der Waals surface area contributed by atoms with Crippen LogP contribution >= 0.6 is 0 Å². The summed E-state index contributed by atoms with van der Waals surface area (Å²) in [6, 6.07) is 19.5. The van der Waals surface area contributed by atoms with Gasteiger partial charge in [-0.15, -0.1) is 0 Å². The van der Waals surface area contributed by atoms with Crippen LogP contribution in [0, 0.1) is 5.82 Å². The fourth-order valence-corrected chi connectivity index (χ4v) is 3.82. The summed E-state index contributed by atoms with van der Waals surface area (Å²) in [5.41, 5.74) is 4.12. The van der Waals surface area contributed by atoms with Gasteiger partial charge in [0.25, 0.3) is 5.91 Å². The summed E-state index contributed by atoms with van der Waals surface area (Å²) in [6.45, 7) is 1.08. The normalized spacial score (nSPS) is 10.8. The Labute approximate surface area is 204 Å². The topological polar surface area (TPSA) is 71.1 Å². The Kier molecular flexibility index (Phi) is 8.22. The van der Waals surface area contributed by atoms with E-state index in [-0.39, 0.29) is 11.7 Å². The van der Waals surface area contributed by atoms with Crippen molar-refractivity contribution in [2.45, 2.75) is 32.3 Å². The van der Waals surface area contributed by atoms with Gasteiger partial charge in [0.05, 0.1) is 5.69 Å². The van der Waals surface area contributed by atoms with Gasteiger partial charge in [0, 0.05) is 48.4 Å². The Morgan fingerprint density at radius 2 is 1.91 bits per heavy atom. The van der Waals surface area contributed by atoms with E-state index < -0.39 is 0 Å². The minimum atomic E-state index is -0.269. The smallest absolute Gasteiger partial charge is 0.253 e. The van der Waals surface area contributed by atoms with Gasteiger partial charge in [-0.2, -0.15) is 5.10 Å². The molecule has 0 aliphatic rings. The average Bonchev–Trinajstić information content (AvgIpc) is 3.36. The van der Waals surface area contributed by atoms with Gasteiger partial charge in [0.1, 0.15) is 18.2 Å². The molecule has 180 valence electrons. The number of aromatic amines is 1. The second-order valence-corrected chi connectivity index (χ2v) is 8.50. The molecule has 2 aromatic carbocycles. The third-order valence-corrected chi connectivity index (χ3v) is 5.75. The molecule has 0 saturated carbocycles. The van der Waals surface area contributed by atoms with Crippen molar-refractivity contribution in [3.63, 3.8) is 0 Å². The molecule has 4 aromatic rings. The Hall–Kier alpha value is -4.00. The molecule has 7 heteroatoms. The number of hydrogen-bond donors (Lipinski definition) is 1. The number of ether oxygens (including phenoxy) is 1. The average molecular weight is 473 g/mol. The summed E-state index contributed by atoms with van der Waals surface area (Å²) < 4.78 is 19.2. The number of carbonyl (C=O) groups excluding carboxylic acids is 1. The highest BCUT2D eigenvalue weighted by Gasteiger charge is 2.12. The molecule has 0 atom stereocenters. The molecule has 1 amide bonds. The van der Waals surface area contributed by atoms with Crippen molar-refractivity contribution in [2.75, 3.05) is 13.6 Å². The van der Waals surface area contributed by atoms with E-state index in [4.69, 9.17) is 4.74 Å². The predicted molar refractivity (Wildman–Crippen MR) is 134 cm³/mol. The van der Waals surface area contributed by atoms with Gasteiger partial charge in [0.2, 0.25) is 0 Å². The Morgan fingerprint density at radius 1 is 1.03 bits per heavy atom. The van der Waals surface area contributed by atoms with E-state index in [1.54, 1.807) is 29.4 Å². The number of halogens is 1. The number of nitrogens with one attached hydrogen (secondary N) is 1. The number of aromatic nitrogens is 3. The minimum absolute atomic E-state index is 0.0230. The first-order valence-electron chi connectivity index (χ1n) is 11.8. The molecule has 0 fully saturated rings. The van der Waals surface area contributed by atoms with Gasteiger partial charge in [-0.25, -0.2) is 4.39 Å². The molecule has 2 heterocycles. The lowest BCUT2D eigenvalue weighted by Gasteiger charge is -2.17. The van der Waals surface area contributed by atoms with E-state index in [9.17, 15) is 9.18 Å². The predicted octanol–water partition coefficient (Wildman–Crippen LogP) is 5.67. The zero-order valence-electron chi connectivity index (χ0n) is 19.8. The van der Waals surface area contributed by atoms with E-state index in [0.29, 0.717) is 24.5 Å². The van der Waals surface area contributed by atoms with E-state index in [2.05, 4.69) is 15.2 Å². The largest absolute Gasteiger partial charge is 0.489 e. The van der Waals surface area contributed by atoms with Gasteiger partial charge in [-0.3, -0.25) is 14.9 Å². The number of rotatable bonds is 11. The monoisotopic (exact) mass is 472 g/mol. The van der Waals surface area contributed by atoms with Crippen LogP contribution in [0.3, 0.4) is 0 Å². The van der Waals surface area contributed by atoms with Crippen molar-refractivity contribution in [3.05, 3.63) is 102 Å². The SMILES string of the molecule is CN(CCCCCc1cc(-c2cccc(F)c2)n[nH]1)C(=O)c1cccc(OCc2cccnc2)c1. The van der Waals surface area contributed by atoms with Crippen molar-refractivity contribution in [1.29, 1.82) is 0 Å². The molecule has 0 radical (unpaired) electrons. The number of benzene rings is 2. The third kappa shape index (κ3) is 6.99. The molecule has 0 bridgehead atoms. The number of hydrogen-bond acceptors (Lipinski definition) is 4. The Morgan fingerprint density at radius 3 is 2.74 bits per heavy atom. The lowest BCUT2D eigenvalue weighted by Crippen LogP contribution is -2.27. The van der Waals surface area contributed by atoms with Crippen LogP contribution in [0.15, 0.2) is 79.1 Å². The fraction of sp³-hybridized carbons (Fsp3) is 0.250. The molecule has 6 nitrogen and oxygen atoms in total. The number of nitrogens with zero attached hydrogens (tertiary/aromatic N) is 3. The molecule has 0 unspecified atom stereocenters. The fourth-order valence-electron chi connectivity index (χ4n) is 3.82. The van der Waals surface area contributed by atoms with E-state index in [1.165, 1.54) is 12.1 Å². The molecule has 0 aliphatic carbocycles. The minimum Gasteiger partial charge on any atom is -0.489 e. The van der Waals surface area contributed by atoms with Gasteiger partial charge in [-0.05, 0) is 61.7 Å². The molecule has 0 aliphatic heterocycles. The van der Waals surface area contributed by atoms with Crippen LogP contribution in [-0.4, -0.2) is 39.6 Å². The molecule has 2 aromatic heterocycles. The number of H-pyrrole nitrogens is 1. The second-order valence-electron chi connectivity index (χ2n) is 8.50. The van der Waals surface area contributed by atoms with Crippen molar-refractivity contribution < 1.29 is 13.9 Å². The summed E-state index contributed by atoms with van der Waals surface area (Å²) in [5, 5.41) is 7.33. The van der Waals surface area contributed by atoms with Crippen LogP contribution < -0.4 is 4.74 Å². The summed E-state index contributed by atoms with van der Waals surface area (Å²) in [7, 11) is 1.83. The molecular formula is C28H29FN4O2. The standard InChI is InChI=1S/C28H29FN4O2/c1-33(28(34)23-10-6-13-26(17-23)35-20-21-8-7-14-30-19-21)15-4-2-3-12-25-18-27(32-31-25)22-9-5-11-24(29)16-22/h5-11,13-14,16-19H,2-4,12,15,20H2,1H3,(H,31,32). The summed E-state index contributed by atoms with van der Waals surface area (Å²) in [5.74, 6) is 0.366. The van der Waals surface area contributed by atoms with Crippen LogP contribution in [0.2, 0.25) is 0 Å². The number of pyridine rings is 1. The maximum Gasteiger partial charge on any atom is 0.253 e. The third-order valence-electron chi connectivity index (χ3n) is 5.75. The van der Waals surface area contributed by atoms with Crippen LogP contribution in [0.1, 0.15) is 40.9 Å². The molecule has 0 saturated heterocycles. The molecule has 1 N–H and O–H groups in total. The number of aryl methyl sites for hydroxylation is 1. The summed E-state index contributed by atoms with van der Waals surface area (Å²) >= 11 is 0. The Balaban J connectivity index is 1.19. The highest BCUT2D eigenvalue weighted by Crippen LogP contribution is 2.20. The quantitative estimate of drug-likeness (QED) is 0.285. The van der Waals surface area contributed by atoms with Crippen LogP contribution in [0.4, 0.5) is 4.39 Å². The number of carbonyl (C=O) groups is 1. The lowest BCUT2D eigenvalue weighted by atomic mass is 10.1. The first-order valence-corrected chi connectivity index (χ1v) is 11.8. The van der Waals surface area contributed by atoms with Gasteiger partial charge >= 0.3 is 0 Å². The van der Waals surface area contributed by atoms with Crippen molar-refractivity contribution in [1.82, 2.24) is 20.1 Å². The molecular weight excluding hydrogens is 443 g/mol. The first-order chi connectivity index (χ1) is 17.1.